The van der Waals surface area contributed by atoms with Crippen molar-refractivity contribution in [1.29, 1.82) is 0 Å². The summed E-state index contributed by atoms with van der Waals surface area (Å²) in [4.78, 5) is 12.8. The molecule has 0 aliphatic carbocycles. The zero-order valence-electron chi connectivity index (χ0n) is 8.25. The number of rotatable bonds is 2. The highest BCUT2D eigenvalue weighted by atomic mass is 79.9. The molecule has 3 nitrogen and oxygen atoms in total. The van der Waals surface area contributed by atoms with Crippen LogP contribution in [0, 0.1) is 0 Å². The second-order valence-electron chi connectivity index (χ2n) is 3.04. The third-order valence-electron chi connectivity index (χ3n) is 1.69. The van der Waals surface area contributed by atoms with E-state index in [1.807, 2.05) is 0 Å². The fourth-order valence-electron chi connectivity index (χ4n) is 1.09. The molecular weight excluding hydrogens is 336 g/mol. The van der Waals surface area contributed by atoms with Gasteiger partial charge in [0, 0.05) is 17.1 Å². The van der Waals surface area contributed by atoms with Gasteiger partial charge in [0.15, 0.2) is 5.69 Å². The van der Waals surface area contributed by atoms with Crippen molar-refractivity contribution in [1.82, 2.24) is 4.98 Å². The van der Waals surface area contributed by atoms with Crippen molar-refractivity contribution in [3.05, 3.63) is 27.7 Å². The molecule has 0 saturated heterocycles. The highest BCUT2D eigenvalue weighted by molar-refractivity contribution is 9.08. The number of pyridine rings is 1. The second kappa shape index (κ2) is 4.82. The van der Waals surface area contributed by atoms with Gasteiger partial charge in [-0.15, -0.1) is 13.2 Å². The van der Waals surface area contributed by atoms with Crippen LogP contribution in [0.3, 0.4) is 0 Å². The second-order valence-corrected chi connectivity index (χ2v) is 3.60. The fourth-order valence-corrected chi connectivity index (χ4v) is 1.39. The third kappa shape index (κ3) is 3.65. The highest BCUT2D eigenvalue weighted by Crippen LogP contribution is 2.35. The van der Waals surface area contributed by atoms with Crippen LogP contribution < -0.4 is 10.2 Å². The van der Waals surface area contributed by atoms with Crippen LogP contribution in [-0.4, -0.2) is 11.3 Å². The van der Waals surface area contributed by atoms with Gasteiger partial charge in [-0.3, -0.25) is 4.79 Å². The van der Waals surface area contributed by atoms with Crippen LogP contribution in [-0.2, 0) is 11.5 Å². The number of hydrogen-bond donors (Lipinski definition) is 1. The maximum Gasteiger partial charge on any atom is 0.573 e. The molecule has 0 bridgehead atoms. The Morgan fingerprint density at radius 2 is 1.78 bits per heavy atom. The lowest BCUT2D eigenvalue weighted by atomic mass is 10.2. The average Bonchev–Trinajstić information content (AvgIpc) is 2.17. The molecule has 0 aromatic carbocycles. The van der Waals surface area contributed by atoms with E-state index in [1.54, 1.807) is 4.98 Å². The molecule has 0 radical (unpaired) electrons. The smallest absolute Gasteiger partial charge is 0.399 e. The van der Waals surface area contributed by atoms with Gasteiger partial charge in [0.05, 0.1) is 0 Å². The Morgan fingerprint density at radius 3 is 2.17 bits per heavy atom. The molecule has 1 rings (SSSR count). The van der Waals surface area contributed by atoms with E-state index in [4.69, 9.17) is 0 Å². The first-order valence-electron chi connectivity index (χ1n) is 4.19. The Morgan fingerprint density at radius 1 is 1.22 bits per heavy atom. The molecule has 1 heterocycles. The Hall–Kier alpha value is -1.19. The van der Waals surface area contributed by atoms with Crippen molar-refractivity contribution >= 4 is 15.9 Å². The quantitative estimate of drug-likeness (QED) is 0.664. The molecule has 102 valence electrons. The van der Waals surface area contributed by atoms with Crippen LogP contribution in [0.1, 0.15) is 11.4 Å². The Kier molecular flexibility index (Phi) is 3.99. The summed E-state index contributed by atoms with van der Waals surface area (Å²) in [6, 6.07) is 0.588. The van der Waals surface area contributed by atoms with Crippen LogP contribution >= 0.6 is 15.9 Å². The van der Waals surface area contributed by atoms with Crippen molar-refractivity contribution in [3.8, 4) is 5.75 Å². The first kappa shape index (κ1) is 14.9. The summed E-state index contributed by atoms with van der Waals surface area (Å²) in [5, 5.41) is -0.155. The van der Waals surface area contributed by atoms with Gasteiger partial charge in [-0.2, -0.15) is 13.2 Å². The highest BCUT2D eigenvalue weighted by Gasteiger charge is 2.41. The minimum atomic E-state index is -5.39. The van der Waals surface area contributed by atoms with Gasteiger partial charge in [0.25, 0.3) is 0 Å². The number of hydrogen-bond acceptors (Lipinski definition) is 2. The van der Waals surface area contributed by atoms with E-state index in [0.29, 0.717) is 6.07 Å². The largest absolute Gasteiger partial charge is 0.573 e. The van der Waals surface area contributed by atoms with Gasteiger partial charge in [-0.1, -0.05) is 15.9 Å². The van der Waals surface area contributed by atoms with Crippen LogP contribution in [0.4, 0.5) is 26.3 Å². The summed E-state index contributed by atoms with van der Waals surface area (Å²) in [6.45, 7) is 0. The number of halogens is 7. The van der Waals surface area contributed by atoms with Gasteiger partial charge < -0.3 is 9.72 Å². The molecule has 0 fully saturated rings. The third-order valence-corrected chi connectivity index (χ3v) is 2.29. The molecular formula is C8H4BrF6NO2. The van der Waals surface area contributed by atoms with Crippen molar-refractivity contribution < 1.29 is 31.1 Å². The lowest BCUT2D eigenvalue weighted by Gasteiger charge is -2.15. The molecule has 10 heteroatoms. The van der Waals surface area contributed by atoms with Crippen molar-refractivity contribution in [2.24, 2.45) is 0 Å². The SMILES string of the molecule is O=c1cc(CBr)[nH]c(C(F)(F)F)c1OC(F)(F)F. The maximum absolute atomic E-state index is 12.5. The normalized spacial score (nSPS) is 12.6. The van der Waals surface area contributed by atoms with Crippen LogP contribution in [0.2, 0.25) is 0 Å². The van der Waals surface area contributed by atoms with Gasteiger partial charge in [-0.05, 0) is 0 Å². The molecule has 1 aromatic heterocycles. The Labute approximate surface area is 104 Å². The number of aromatic amines is 1. The lowest BCUT2D eigenvalue weighted by molar-refractivity contribution is -0.277. The summed E-state index contributed by atoms with van der Waals surface area (Å²) in [5.41, 5.74) is -3.60. The van der Waals surface area contributed by atoms with Crippen LogP contribution in [0.15, 0.2) is 10.9 Å². The molecule has 0 spiro atoms. The van der Waals surface area contributed by atoms with Gasteiger partial charge in [0.2, 0.25) is 11.2 Å². The monoisotopic (exact) mass is 339 g/mol. The molecule has 0 atom stereocenters. The van der Waals surface area contributed by atoms with Gasteiger partial charge in [0.1, 0.15) is 0 Å². The number of aromatic nitrogens is 1. The molecule has 0 amide bonds. The molecule has 1 N–H and O–H groups in total. The number of nitrogens with one attached hydrogen (secondary N) is 1. The lowest BCUT2D eigenvalue weighted by Crippen LogP contribution is -2.26. The van der Waals surface area contributed by atoms with Crippen LogP contribution in [0.5, 0.6) is 5.75 Å². The predicted molar refractivity (Wildman–Crippen MR) is 51.4 cm³/mol. The van der Waals surface area contributed by atoms with Crippen LogP contribution in [0.25, 0.3) is 0 Å². The summed E-state index contributed by atoms with van der Waals surface area (Å²) < 4.78 is 76.3. The molecule has 0 saturated carbocycles. The fraction of sp³-hybridized carbons (Fsp3) is 0.375. The minimum Gasteiger partial charge on any atom is -0.399 e. The number of ether oxygens (including phenoxy) is 1. The van der Waals surface area contributed by atoms with E-state index >= 15 is 0 Å². The first-order chi connectivity index (χ1) is 8.04. The van der Waals surface area contributed by atoms with E-state index in [1.165, 1.54) is 0 Å². The van der Waals surface area contributed by atoms with Crippen molar-refractivity contribution in [2.45, 2.75) is 17.9 Å². The minimum absolute atomic E-state index is 0.155. The average molecular weight is 340 g/mol. The summed E-state index contributed by atoms with van der Waals surface area (Å²) in [7, 11) is 0. The first-order valence-corrected chi connectivity index (χ1v) is 5.32. The Balaban J connectivity index is 3.44. The topological polar surface area (TPSA) is 42.1 Å². The molecule has 0 aliphatic heterocycles. The van der Waals surface area contributed by atoms with E-state index in [9.17, 15) is 31.1 Å². The van der Waals surface area contributed by atoms with E-state index < -0.39 is 29.4 Å². The van der Waals surface area contributed by atoms with E-state index in [0.717, 1.165) is 0 Å². The Bertz CT molecular complexity index is 492. The number of alkyl halides is 7. The van der Waals surface area contributed by atoms with E-state index in [-0.39, 0.29) is 11.0 Å². The number of H-pyrrole nitrogens is 1. The zero-order valence-corrected chi connectivity index (χ0v) is 9.83. The van der Waals surface area contributed by atoms with Crippen molar-refractivity contribution in [3.63, 3.8) is 0 Å². The molecule has 0 unspecified atom stereocenters. The maximum atomic E-state index is 12.5. The zero-order chi connectivity index (χ0) is 14.1. The van der Waals surface area contributed by atoms with Gasteiger partial charge in [-0.25, -0.2) is 0 Å². The van der Waals surface area contributed by atoms with Gasteiger partial charge >= 0.3 is 12.5 Å². The van der Waals surface area contributed by atoms with E-state index in [2.05, 4.69) is 20.7 Å². The molecule has 18 heavy (non-hydrogen) atoms. The predicted octanol–water partition coefficient (Wildman–Crippen LogP) is 3.19. The molecule has 0 aliphatic rings. The molecule has 1 aromatic rings. The summed E-state index contributed by atoms with van der Waals surface area (Å²) in [6.07, 6.45) is -10.6. The summed E-state index contributed by atoms with van der Waals surface area (Å²) in [5.74, 6) is -1.82. The van der Waals surface area contributed by atoms with Crippen molar-refractivity contribution in [2.75, 3.05) is 0 Å². The summed E-state index contributed by atoms with van der Waals surface area (Å²) >= 11 is 2.78. The standard InChI is InChI=1S/C8H4BrF6NO2/c9-2-3-1-4(17)5(18-8(13,14)15)6(16-3)7(10,11)12/h1H,2H2,(H,16,17).